The Balaban J connectivity index is 2.48. The fourth-order valence-corrected chi connectivity index (χ4v) is 2.56. The molecule has 0 aromatic heterocycles. The van der Waals surface area contributed by atoms with Crippen LogP contribution in [0.1, 0.15) is 33.2 Å². The quantitative estimate of drug-likeness (QED) is 0.662. The summed E-state index contributed by atoms with van der Waals surface area (Å²) in [5, 5.41) is -0.439. The van der Waals surface area contributed by atoms with Gasteiger partial charge in [-0.1, -0.05) is 42.0 Å². The van der Waals surface area contributed by atoms with E-state index in [0.717, 1.165) is 11.1 Å². The molecule has 1 atom stereocenters. The zero-order chi connectivity index (χ0) is 13.3. The van der Waals surface area contributed by atoms with E-state index in [2.05, 4.69) is 6.07 Å². The van der Waals surface area contributed by atoms with Crippen molar-refractivity contribution >= 4 is 11.6 Å². The lowest BCUT2D eigenvalue weighted by Gasteiger charge is -2.15. The standard InChI is InChI=1S/C16H16ClF/c1-10-7-8-13(12(3)9-10)15(17)14-6-4-5-11(2)16(14)18/h4-9,15H,1-3H3. The van der Waals surface area contributed by atoms with Crippen LogP contribution >= 0.6 is 11.6 Å². The molecule has 0 nitrogen and oxygen atoms in total. The van der Waals surface area contributed by atoms with E-state index in [1.807, 2.05) is 32.0 Å². The summed E-state index contributed by atoms with van der Waals surface area (Å²) >= 11 is 6.43. The fourth-order valence-electron chi connectivity index (χ4n) is 2.14. The maximum absolute atomic E-state index is 14.1. The van der Waals surface area contributed by atoms with Crippen LogP contribution in [0.2, 0.25) is 0 Å². The molecule has 2 heteroatoms. The topological polar surface area (TPSA) is 0 Å². The van der Waals surface area contributed by atoms with Gasteiger partial charge in [-0.15, -0.1) is 11.6 Å². The molecule has 2 aromatic carbocycles. The van der Waals surface area contributed by atoms with E-state index in [1.165, 1.54) is 5.56 Å². The van der Waals surface area contributed by atoms with Gasteiger partial charge in [-0.05, 0) is 37.5 Å². The Bertz CT molecular complexity index is 575. The van der Waals surface area contributed by atoms with Crippen LogP contribution in [0.4, 0.5) is 4.39 Å². The van der Waals surface area contributed by atoms with E-state index >= 15 is 0 Å². The molecule has 0 bridgehead atoms. The van der Waals surface area contributed by atoms with E-state index in [-0.39, 0.29) is 5.82 Å². The number of alkyl halides is 1. The van der Waals surface area contributed by atoms with Crippen LogP contribution in [0.15, 0.2) is 36.4 Å². The number of hydrogen-bond acceptors (Lipinski definition) is 0. The number of hydrogen-bond donors (Lipinski definition) is 0. The third kappa shape index (κ3) is 2.41. The van der Waals surface area contributed by atoms with E-state index in [0.29, 0.717) is 11.1 Å². The molecule has 94 valence electrons. The van der Waals surface area contributed by atoms with E-state index < -0.39 is 5.38 Å². The van der Waals surface area contributed by atoms with Gasteiger partial charge in [0.15, 0.2) is 0 Å². The number of rotatable bonds is 2. The summed E-state index contributed by atoms with van der Waals surface area (Å²) in [7, 11) is 0. The second-order valence-electron chi connectivity index (χ2n) is 4.70. The molecule has 0 aliphatic heterocycles. The molecule has 0 amide bonds. The maximum Gasteiger partial charge on any atom is 0.131 e. The molecule has 0 heterocycles. The number of halogens is 2. The van der Waals surface area contributed by atoms with Crippen molar-refractivity contribution in [2.45, 2.75) is 26.1 Å². The summed E-state index contributed by atoms with van der Waals surface area (Å²) in [6, 6.07) is 11.4. The Morgan fingerprint density at radius 2 is 1.67 bits per heavy atom. The lowest BCUT2D eigenvalue weighted by Crippen LogP contribution is -2.01. The van der Waals surface area contributed by atoms with Gasteiger partial charge in [0.05, 0.1) is 5.38 Å². The van der Waals surface area contributed by atoms with Crippen LogP contribution in [0.25, 0.3) is 0 Å². The Labute approximate surface area is 112 Å². The van der Waals surface area contributed by atoms with Crippen LogP contribution in [-0.2, 0) is 0 Å². The molecule has 0 radical (unpaired) electrons. The van der Waals surface area contributed by atoms with Crippen molar-refractivity contribution in [1.82, 2.24) is 0 Å². The summed E-state index contributed by atoms with van der Waals surface area (Å²) in [6.07, 6.45) is 0. The van der Waals surface area contributed by atoms with Crippen molar-refractivity contribution in [2.24, 2.45) is 0 Å². The van der Waals surface area contributed by atoms with Gasteiger partial charge in [0.25, 0.3) is 0 Å². The van der Waals surface area contributed by atoms with Gasteiger partial charge in [-0.25, -0.2) is 4.39 Å². The molecule has 1 unspecified atom stereocenters. The van der Waals surface area contributed by atoms with E-state index in [1.54, 1.807) is 19.1 Å². The number of benzene rings is 2. The van der Waals surface area contributed by atoms with Gasteiger partial charge in [0.2, 0.25) is 0 Å². The first-order chi connectivity index (χ1) is 8.50. The van der Waals surface area contributed by atoms with E-state index in [4.69, 9.17) is 11.6 Å². The molecule has 0 spiro atoms. The highest BCUT2D eigenvalue weighted by Crippen LogP contribution is 2.33. The summed E-state index contributed by atoms with van der Waals surface area (Å²) in [4.78, 5) is 0. The minimum Gasteiger partial charge on any atom is -0.206 e. The van der Waals surface area contributed by atoms with Crippen molar-refractivity contribution in [1.29, 1.82) is 0 Å². The Hall–Kier alpha value is -1.34. The van der Waals surface area contributed by atoms with Crippen molar-refractivity contribution in [3.63, 3.8) is 0 Å². The summed E-state index contributed by atoms with van der Waals surface area (Å²) < 4.78 is 14.1. The van der Waals surface area contributed by atoms with Gasteiger partial charge in [0.1, 0.15) is 5.82 Å². The molecule has 2 aromatic rings. The van der Waals surface area contributed by atoms with Gasteiger partial charge in [0, 0.05) is 5.56 Å². The summed E-state index contributed by atoms with van der Waals surface area (Å²) in [5.74, 6) is -0.211. The molecule has 0 N–H and O–H groups in total. The van der Waals surface area contributed by atoms with Crippen molar-refractivity contribution in [2.75, 3.05) is 0 Å². The third-order valence-corrected chi connectivity index (χ3v) is 3.66. The third-order valence-electron chi connectivity index (χ3n) is 3.19. The molecule has 2 rings (SSSR count). The molecule has 0 saturated heterocycles. The molecule has 18 heavy (non-hydrogen) atoms. The van der Waals surface area contributed by atoms with Gasteiger partial charge >= 0.3 is 0 Å². The molecule has 0 aliphatic carbocycles. The van der Waals surface area contributed by atoms with E-state index in [9.17, 15) is 4.39 Å². The lowest BCUT2D eigenvalue weighted by atomic mass is 9.97. The molecule has 0 fully saturated rings. The first-order valence-electron chi connectivity index (χ1n) is 5.97. The first kappa shape index (κ1) is 13.1. The molecular weight excluding hydrogens is 247 g/mol. The SMILES string of the molecule is Cc1ccc(C(Cl)c2cccc(C)c2F)c(C)c1. The predicted molar refractivity (Wildman–Crippen MR) is 74.7 cm³/mol. The van der Waals surface area contributed by atoms with Gasteiger partial charge < -0.3 is 0 Å². The predicted octanol–water partition coefficient (Wildman–Crippen LogP) is 5.08. The molecule has 0 aliphatic rings. The van der Waals surface area contributed by atoms with Crippen molar-refractivity contribution < 1.29 is 4.39 Å². The smallest absolute Gasteiger partial charge is 0.131 e. The summed E-state index contributed by atoms with van der Waals surface area (Å²) in [5.41, 5.74) is 4.42. The largest absolute Gasteiger partial charge is 0.206 e. The highest BCUT2D eigenvalue weighted by molar-refractivity contribution is 6.22. The Morgan fingerprint density at radius 3 is 2.33 bits per heavy atom. The zero-order valence-electron chi connectivity index (χ0n) is 10.8. The lowest BCUT2D eigenvalue weighted by molar-refractivity contribution is 0.603. The van der Waals surface area contributed by atoms with Gasteiger partial charge in [-0.2, -0.15) is 0 Å². The van der Waals surface area contributed by atoms with Crippen molar-refractivity contribution in [3.8, 4) is 0 Å². The van der Waals surface area contributed by atoms with Crippen LogP contribution in [0.5, 0.6) is 0 Å². The zero-order valence-corrected chi connectivity index (χ0v) is 11.6. The van der Waals surface area contributed by atoms with Gasteiger partial charge in [-0.3, -0.25) is 0 Å². The minimum absolute atomic E-state index is 0.211. The maximum atomic E-state index is 14.1. The normalized spacial score (nSPS) is 12.5. The van der Waals surface area contributed by atoms with Crippen LogP contribution in [0.3, 0.4) is 0 Å². The van der Waals surface area contributed by atoms with Crippen LogP contribution in [0, 0.1) is 26.6 Å². The second-order valence-corrected chi connectivity index (χ2v) is 5.14. The minimum atomic E-state index is -0.439. The fraction of sp³-hybridized carbons (Fsp3) is 0.250. The number of aryl methyl sites for hydroxylation is 3. The molecular formula is C16H16ClF. The highest BCUT2D eigenvalue weighted by atomic mass is 35.5. The Kier molecular flexibility index (Phi) is 3.72. The van der Waals surface area contributed by atoms with Crippen LogP contribution < -0.4 is 0 Å². The second kappa shape index (κ2) is 5.11. The monoisotopic (exact) mass is 262 g/mol. The highest BCUT2D eigenvalue weighted by Gasteiger charge is 2.17. The Morgan fingerprint density at radius 1 is 0.944 bits per heavy atom. The van der Waals surface area contributed by atoms with Crippen LogP contribution in [-0.4, -0.2) is 0 Å². The van der Waals surface area contributed by atoms with Crippen molar-refractivity contribution in [3.05, 3.63) is 70.0 Å². The average molecular weight is 263 g/mol. The average Bonchev–Trinajstić information content (AvgIpc) is 2.32. The summed E-state index contributed by atoms with van der Waals surface area (Å²) in [6.45, 7) is 5.79. The first-order valence-corrected chi connectivity index (χ1v) is 6.40. The molecule has 0 saturated carbocycles.